The Balaban J connectivity index is 2.41. The second kappa shape index (κ2) is 4.69. The van der Waals surface area contributed by atoms with E-state index in [0.717, 1.165) is 0 Å². The molecule has 4 heteroatoms. The summed E-state index contributed by atoms with van der Waals surface area (Å²) in [6, 6.07) is 6.28. The first kappa shape index (κ1) is 9.83. The maximum Gasteiger partial charge on any atom is 0.119 e. The fourth-order valence-electron chi connectivity index (χ4n) is 0.803. The molecule has 0 fully saturated rings. The minimum absolute atomic E-state index is 0.168. The largest absolute Gasteiger partial charge is 0.508 e. The maximum atomic E-state index is 9.07. The van der Waals surface area contributed by atoms with E-state index < -0.39 is 6.10 Å². The lowest BCUT2D eigenvalue weighted by molar-refractivity contribution is 0.114. The smallest absolute Gasteiger partial charge is 0.119 e. The van der Waals surface area contributed by atoms with Crippen molar-refractivity contribution < 1.29 is 14.9 Å². The molecular formula is C9H13NO3. The number of aliphatic hydroxyl groups is 1. The average Bonchev–Trinajstić information content (AvgIpc) is 2.16. The van der Waals surface area contributed by atoms with Crippen molar-refractivity contribution in [3.05, 3.63) is 24.3 Å². The number of phenolic OH excluding ortho intramolecular Hbond substituents is 1. The van der Waals surface area contributed by atoms with E-state index in [2.05, 4.69) is 0 Å². The monoisotopic (exact) mass is 183 g/mol. The van der Waals surface area contributed by atoms with E-state index in [0.29, 0.717) is 5.75 Å². The Morgan fingerprint density at radius 1 is 1.31 bits per heavy atom. The van der Waals surface area contributed by atoms with Crippen molar-refractivity contribution in [1.82, 2.24) is 0 Å². The second-order valence-electron chi connectivity index (χ2n) is 2.69. The fourth-order valence-corrected chi connectivity index (χ4v) is 0.803. The van der Waals surface area contributed by atoms with Gasteiger partial charge in [0.25, 0.3) is 0 Å². The van der Waals surface area contributed by atoms with Crippen LogP contribution in [0.4, 0.5) is 0 Å². The van der Waals surface area contributed by atoms with Gasteiger partial charge in [0.15, 0.2) is 0 Å². The Labute approximate surface area is 76.6 Å². The third-order valence-corrected chi connectivity index (χ3v) is 1.55. The van der Waals surface area contributed by atoms with Gasteiger partial charge in [0.2, 0.25) is 0 Å². The number of aromatic hydroxyl groups is 1. The summed E-state index contributed by atoms with van der Waals surface area (Å²) in [7, 11) is 0. The van der Waals surface area contributed by atoms with Crippen molar-refractivity contribution >= 4 is 0 Å². The molecule has 0 aliphatic rings. The zero-order valence-corrected chi connectivity index (χ0v) is 7.18. The van der Waals surface area contributed by atoms with Gasteiger partial charge >= 0.3 is 0 Å². The van der Waals surface area contributed by atoms with Crippen molar-refractivity contribution in [2.24, 2.45) is 5.73 Å². The van der Waals surface area contributed by atoms with Crippen molar-refractivity contribution in [1.29, 1.82) is 0 Å². The first-order valence-electron chi connectivity index (χ1n) is 4.02. The molecule has 1 rings (SSSR count). The standard InChI is InChI=1S/C9H13NO3/c10-5-8(12)6-13-9-3-1-7(11)2-4-9/h1-4,8,11-12H,5-6,10H2. The second-order valence-corrected chi connectivity index (χ2v) is 2.69. The van der Waals surface area contributed by atoms with Crippen LogP contribution >= 0.6 is 0 Å². The minimum Gasteiger partial charge on any atom is -0.508 e. The third kappa shape index (κ3) is 3.31. The average molecular weight is 183 g/mol. The van der Waals surface area contributed by atoms with Gasteiger partial charge in [-0.05, 0) is 24.3 Å². The fraction of sp³-hybridized carbons (Fsp3) is 0.333. The summed E-state index contributed by atoms with van der Waals surface area (Å²) >= 11 is 0. The van der Waals surface area contributed by atoms with Crippen molar-refractivity contribution in [3.63, 3.8) is 0 Å². The molecule has 4 N–H and O–H groups in total. The van der Waals surface area contributed by atoms with Crippen LogP contribution in [0.5, 0.6) is 11.5 Å². The molecule has 0 spiro atoms. The first-order valence-corrected chi connectivity index (χ1v) is 4.02. The number of benzene rings is 1. The van der Waals surface area contributed by atoms with E-state index in [1.807, 2.05) is 0 Å². The van der Waals surface area contributed by atoms with Crippen LogP contribution in [0.3, 0.4) is 0 Å². The maximum absolute atomic E-state index is 9.07. The molecule has 0 radical (unpaired) electrons. The highest BCUT2D eigenvalue weighted by Crippen LogP contribution is 2.15. The number of ether oxygens (including phenoxy) is 1. The number of hydrogen-bond acceptors (Lipinski definition) is 4. The Hall–Kier alpha value is -1.26. The van der Waals surface area contributed by atoms with E-state index in [1.54, 1.807) is 12.1 Å². The topological polar surface area (TPSA) is 75.7 Å². The first-order chi connectivity index (χ1) is 6.22. The van der Waals surface area contributed by atoms with Gasteiger partial charge in [-0.1, -0.05) is 0 Å². The SMILES string of the molecule is NCC(O)COc1ccc(O)cc1. The lowest BCUT2D eigenvalue weighted by Gasteiger charge is -2.09. The van der Waals surface area contributed by atoms with Crippen LogP contribution < -0.4 is 10.5 Å². The highest BCUT2D eigenvalue weighted by Gasteiger charge is 2.01. The molecule has 1 aromatic carbocycles. The van der Waals surface area contributed by atoms with Gasteiger partial charge in [-0.2, -0.15) is 0 Å². The van der Waals surface area contributed by atoms with Crippen LogP contribution in [0.15, 0.2) is 24.3 Å². The highest BCUT2D eigenvalue weighted by molar-refractivity contribution is 5.30. The summed E-state index contributed by atoms with van der Waals surface area (Å²) in [5, 5.41) is 18.0. The summed E-state index contributed by atoms with van der Waals surface area (Å²) in [5.74, 6) is 0.789. The lowest BCUT2D eigenvalue weighted by Crippen LogP contribution is -2.26. The zero-order valence-electron chi connectivity index (χ0n) is 7.18. The van der Waals surface area contributed by atoms with Gasteiger partial charge in [0, 0.05) is 6.54 Å². The molecule has 1 unspecified atom stereocenters. The number of hydrogen-bond donors (Lipinski definition) is 3. The quantitative estimate of drug-likeness (QED) is 0.618. The molecule has 0 aliphatic heterocycles. The number of rotatable bonds is 4. The predicted molar refractivity (Wildman–Crippen MR) is 48.7 cm³/mol. The minimum atomic E-state index is -0.645. The van der Waals surface area contributed by atoms with Crippen LogP contribution in [-0.4, -0.2) is 29.5 Å². The van der Waals surface area contributed by atoms with Crippen LogP contribution in [0.1, 0.15) is 0 Å². The van der Waals surface area contributed by atoms with Gasteiger partial charge < -0.3 is 20.7 Å². The zero-order chi connectivity index (χ0) is 9.68. The Morgan fingerprint density at radius 2 is 1.92 bits per heavy atom. The normalized spacial score (nSPS) is 12.5. The summed E-state index contributed by atoms with van der Waals surface area (Å²) in [6.07, 6.45) is -0.645. The van der Waals surface area contributed by atoms with Crippen LogP contribution in [0.2, 0.25) is 0 Å². The molecule has 0 saturated carbocycles. The van der Waals surface area contributed by atoms with Gasteiger partial charge in [-0.25, -0.2) is 0 Å². The molecule has 0 bridgehead atoms. The summed E-state index contributed by atoms with van der Waals surface area (Å²) < 4.78 is 5.17. The third-order valence-electron chi connectivity index (χ3n) is 1.55. The molecule has 72 valence electrons. The van der Waals surface area contributed by atoms with E-state index in [9.17, 15) is 0 Å². The molecule has 1 atom stereocenters. The summed E-state index contributed by atoms with van der Waals surface area (Å²) in [4.78, 5) is 0. The molecular weight excluding hydrogens is 170 g/mol. The molecule has 0 heterocycles. The highest BCUT2D eigenvalue weighted by atomic mass is 16.5. The summed E-state index contributed by atoms with van der Waals surface area (Å²) in [5.41, 5.74) is 5.19. The van der Waals surface area contributed by atoms with E-state index in [1.165, 1.54) is 12.1 Å². The van der Waals surface area contributed by atoms with E-state index in [-0.39, 0.29) is 18.9 Å². The summed E-state index contributed by atoms with van der Waals surface area (Å²) in [6.45, 7) is 0.347. The molecule has 0 aromatic heterocycles. The van der Waals surface area contributed by atoms with Crippen LogP contribution in [0, 0.1) is 0 Å². The Morgan fingerprint density at radius 3 is 2.46 bits per heavy atom. The predicted octanol–water partition coefficient (Wildman–Crippen LogP) is 0.0906. The van der Waals surface area contributed by atoms with Gasteiger partial charge in [-0.15, -0.1) is 0 Å². The lowest BCUT2D eigenvalue weighted by atomic mass is 10.3. The number of aliphatic hydroxyl groups excluding tert-OH is 1. The van der Waals surface area contributed by atoms with Gasteiger partial charge in [0.1, 0.15) is 24.2 Å². The molecule has 4 nitrogen and oxygen atoms in total. The van der Waals surface area contributed by atoms with Crippen LogP contribution in [-0.2, 0) is 0 Å². The van der Waals surface area contributed by atoms with Crippen molar-refractivity contribution in [2.45, 2.75) is 6.10 Å². The Bertz CT molecular complexity index is 248. The molecule has 13 heavy (non-hydrogen) atoms. The molecule has 1 aromatic rings. The van der Waals surface area contributed by atoms with E-state index in [4.69, 9.17) is 20.7 Å². The molecule has 0 amide bonds. The van der Waals surface area contributed by atoms with Gasteiger partial charge in [0.05, 0.1) is 0 Å². The van der Waals surface area contributed by atoms with Crippen molar-refractivity contribution in [2.75, 3.05) is 13.2 Å². The number of nitrogens with two attached hydrogens (primary N) is 1. The Kier molecular flexibility index (Phi) is 3.54. The molecule has 0 aliphatic carbocycles. The van der Waals surface area contributed by atoms with Crippen LogP contribution in [0.25, 0.3) is 0 Å². The number of phenols is 1. The van der Waals surface area contributed by atoms with Crippen molar-refractivity contribution in [3.8, 4) is 11.5 Å². The molecule has 0 saturated heterocycles. The van der Waals surface area contributed by atoms with E-state index >= 15 is 0 Å². The van der Waals surface area contributed by atoms with Gasteiger partial charge in [-0.3, -0.25) is 0 Å².